The van der Waals surface area contributed by atoms with E-state index in [1.807, 2.05) is 6.07 Å². The molecule has 0 fully saturated rings. The van der Waals surface area contributed by atoms with Gasteiger partial charge in [-0.2, -0.15) is 0 Å². The normalized spacial score (nSPS) is 13.2. The van der Waals surface area contributed by atoms with Crippen molar-refractivity contribution in [3.8, 4) is 11.5 Å². The highest BCUT2D eigenvalue weighted by Gasteiger charge is 2.16. The Kier molecular flexibility index (Phi) is 3.06. The number of benzene rings is 1. The monoisotopic (exact) mass is 211 g/mol. The third kappa shape index (κ3) is 2.04. The average Bonchev–Trinajstić information content (AvgIpc) is 2.71. The molecule has 1 aromatic carbocycles. The fraction of sp³-hybridized carbons (Fsp3) is 0.455. The zero-order chi connectivity index (χ0) is 10.7. The lowest BCUT2D eigenvalue weighted by Crippen LogP contribution is -2.02. The van der Waals surface area contributed by atoms with E-state index in [-0.39, 0.29) is 6.79 Å². The van der Waals surface area contributed by atoms with Crippen molar-refractivity contribution in [2.24, 2.45) is 5.73 Å². The summed E-state index contributed by atoms with van der Waals surface area (Å²) >= 11 is 0. The molecule has 4 heteroatoms. The van der Waals surface area contributed by atoms with E-state index in [4.69, 9.17) is 15.2 Å². The summed E-state index contributed by atoms with van der Waals surface area (Å²) in [6.45, 7) is 0.359. The van der Waals surface area contributed by atoms with Gasteiger partial charge < -0.3 is 15.2 Å². The van der Waals surface area contributed by atoms with E-state index in [1.54, 1.807) is 6.07 Å². The second-order valence-corrected chi connectivity index (χ2v) is 3.50. The molecule has 0 aromatic heterocycles. The molecule has 0 bridgehead atoms. The van der Waals surface area contributed by atoms with Gasteiger partial charge in [0.15, 0.2) is 11.5 Å². The number of nitrogens with two attached hydrogens (primary N) is 1. The predicted molar refractivity (Wildman–Crippen MR) is 54.8 cm³/mol. The van der Waals surface area contributed by atoms with Crippen LogP contribution in [0.5, 0.6) is 11.5 Å². The Morgan fingerprint density at radius 1 is 1.20 bits per heavy atom. The van der Waals surface area contributed by atoms with E-state index < -0.39 is 6.67 Å². The number of ether oxygens (including phenoxy) is 2. The van der Waals surface area contributed by atoms with Gasteiger partial charge in [-0.1, -0.05) is 0 Å². The molecule has 0 atom stereocenters. The van der Waals surface area contributed by atoms with Crippen LogP contribution in [0.25, 0.3) is 0 Å². The second-order valence-electron chi connectivity index (χ2n) is 3.50. The van der Waals surface area contributed by atoms with Crippen LogP contribution in [-0.2, 0) is 13.1 Å². The lowest BCUT2D eigenvalue weighted by Gasteiger charge is -2.07. The Hall–Kier alpha value is -1.29. The summed E-state index contributed by atoms with van der Waals surface area (Å²) in [5, 5.41) is 0. The molecule has 0 radical (unpaired) electrons. The van der Waals surface area contributed by atoms with E-state index in [9.17, 15) is 4.39 Å². The van der Waals surface area contributed by atoms with Crippen molar-refractivity contribution >= 4 is 0 Å². The molecular weight excluding hydrogens is 197 g/mol. The topological polar surface area (TPSA) is 44.5 Å². The van der Waals surface area contributed by atoms with Crippen molar-refractivity contribution in [1.29, 1.82) is 0 Å². The van der Waals surface area contributed by atoms with Crippen LogP contribution in [0.15, 0.2) is 12.1 Å². The first-order valence-corrected chi connectivity index (χ1v) is 5.02. The van der Waals surface area contributed by atoms with Gasteiger partial charge in [0, 0.05) is 0 Å². The molecule has 0 saturated heterocycles. The standard InChI is InChI=1S/C11H14FNO2/c12-6-9-5-11-10(14-7-15-11)4-8(9)2-1-3-13/h4-5H,1-3,6-7,13H2. The molecule has 0 saturated carbocycles. The Balaban J connectivity index is 2.27. The Bertz CT molecular complexity index is 355. The molecule has 15 heavy (non-hydrogen) atoms. The van der Waals surface area contributed by atoms with Gasteiger partial charge >= 0.3 is 0 Å². The molecule has 1 aliphatic heterocycles. The smallest absolute Gasteiger partial charge is 0.231 e. The number of rotatable bonds is 4. The fourth-order valence-corrected chi connectivity index (χ4v) is 1.68. The molecule has 0 spiro atoms. The SMILES string of the molecule is NCCCc1cc2c(cc1CF)OCO2. The Morgan fingerprint density at radius 2 is 1.87 bits per heavy atom. The van der Waals surface area contributed by atoms with Gasteiger partial charge in [0.2, 0.25) is 6.79 Å². The molecule has 1 heterocycles. The number of fused-ring (bicyclic) bond motifs is 1. The Labute approximate surface area is 88.0 Å². The van der Waals surface area contributed by atoms with Gasteiger partial charge in [0.05, 0.1) is 0 Å². The van der Waals surface area contributed by atoms with Crippen molar-refractivity contribution in [3.05, 3.63) is 23.3 Å². The number of halogens is 1. The first-order valence-electron chi connectivity index (χ1n) is 5.02. The van der Waals surface area contributed by atoms with E-state index in [0.29, 0.717) is 23.6 Å². The highest BCUT2D eigenvalue weighted by Crippen LogP contribution is 2.35. The summed E-state index contributed by atoms with van der Waals surface area (Å²) in [7, 11) is 0. The molecule has 1 aromatic rings. The van der Waals surface area contributed by atoms with E-state index in [1.165, 1.54) is 0 Å². The average molecular weight is 211 g/mol. The van der Waals surface area contributed by atoms with Crippen LogP contribution < -0.4 is 15.2 Å². The second kappa shape index (κ2) is 4.49. The predicted octanol–water partition coefficient (Wildman–Crippen LogP) is 1.78. The van der Waals surface area contributed by atoms with Crippen molar-refractivity contribution in [2.45, 2.75) is 19.5 Å². The van der Waals surface area contributed by atoms with Crippen molar-refractivity contribution in [2.75, 3.05) is 13.3 Å². The number of alkyl halides is 1. The van der Waals surface area contributed by atoms with Crippen LogP contribution in [0.3, 0.4) is 0 Å². The number of aryl methyl sites for hydroxylation is 1. The lowest BCUT2D eigenvalue weighted by atomic mass is 10.0. The summed E-state index contributed by atoms with van der Waals surface area (Å²) in [6.07, 6.45) is 1.64. The molecule has 2 rings (SSSR count). The quantitative estimate of drug-likeness (QED) is 0.825. The zero-order valence-corrected chi connectivity index (χ0v) is 8.46. The lowest BCUT2D eigenvalue weighted by molar-refractivity contribution is 0.174. The summed E-state index contributed by atoms with van der Waals surface area (Å²) in [6, 6.07) is 3.57. The van der Waals surface area contributed by atoms with Gasteiger partial charge in [-0.3, -0.25) is 0 Å². The number of hydrogen-bond acceptors (Lipinski definition) is 3. The summed E-state index contributed by atoms with van der Waals surface area (Å²) in [5.41, 5.74) is 7.07. The first-order chi connectivity index (χ1) is 7.35. The Morgan fingerprint density at radius 3 is 2.47 bits per heavy atom. The van der Waals surface area contributed by atoms with Crippen molar-refractivity contribution in [1.82, 2.24) is 0 Å². The molecule has 0 aliphatic carbocycles. The van der Waals surface area contributed by atoms with E-state index >= 15 is 0 Å². The van der Waals surface area contributed by atoms with Gasteiger partial charge in [-0.15, -0.1) is 0 Å². The van der Waals surface area contributed by atoms with Crippen LogP contribution in [0.4, 0.5) is 4.39 Å². The maximum atomic E-state index is 12.8. The van der Waals surface area contributed by atoms with Crippen molar-refractivity contribution in [3.63, 3.8) is 0 Å². The minimum Gasteiger partial charge on any atom is -0.454 e. The van der Waals surface area contributed by atoms with Crippen LogP contribution in [-0.4, -0.2) is 13.3 Å². The summed E-state index contributed by atoms with van der Waals surface area (Å²) < 4.78 is 23.2. The molecule has 3 nitrogen and oxygen atoms in total. The molecular formula is C11H14FNO2. The van der Waals surface area contributed by atoms with E-state index in [2.05, 4.69) is 0 Å². The fourth-order valence-electron chi connectivity index (χ4n) is 1.68. The van der Waals surface area contributed by atoms with Gasteiger partial charge in [-0.25, -0.2) is 4.39 Å². The third-order valence-corrected chi connectivity index (χ3v) is 2.49. The van der Waals surface area contributed by atoms with Gasteiger partial charge in [0.1, 0.15) is 6.67 Å². The molecule has 2 N–H and O–H groups in total. The first kappa shape index (κ1) is 10.2. The highest BCUT2D eigenvalue weighted by molar-refractivity contribution is 5.48. The molecule has 82 valence electrons. The van der Waals surface area contributed by atoms with Gasteiger partial charge in [0.25, 0.3) is 0 Å². The van der Waals surface area contributed by atoms with Crippen LogP contribution in [0.2, 0.25) is 0 Å². The molecule has 1 aliphatic rings. The maximum Gasteiger partial charge on any atom is 0.231 e. The minimum absolute atomic E-state index is 0.224. The summed E-state index contributed by atoms with van der Waals surface area (Å²) in [5.74, 6) is 1.35. The zero-order valence-electron chi connectivity index (χ0n) is 8.46. The molecule has 0 unspecified atom stereocenters. The van der Waals surface area contributed by atoms with Crippen LogP contribution in [0, 0.1) is 0 Å². The third-order valence-electron chi connectivity index (χ3n) is 2.49. The minimum atomic E-state index is -0.476. The summed E-state index contributed by atoms with van der Waals surface area (Å²) in [4.78, 5) is 0. The van der Waals surface area contributed by atoms with E-state index in [0.717, 1.165) is 18.4 Å². The number of hydrogen-bond donors (Lipinski definition) is 1. The highest BCUT2D eigenvalue weighted by atomic mass is 19.1. The largest absolute Gasteiger partial charge is 0.454 e. The van der Waals surface area contributed by atoms with Crippen LogP contribution >= 0.6 is 0 Å². The maximum absolute atomic E-state index is 12.8. The van der Waals surface area contributed by atoms with Gasteiger partial charge in [-0.05, 0) is 42.6 Å². The molecule has 0 amide bonds. The van der Waals surface area contributed by atoms with Crippen molar-refractivity contribution < 1.29 is 13.9 Å². The van der Waals surface area contributed by atoms with Crippen LogP contribution in [0.1, 0.15) is 17.5 Å².